The third-order valence-electron chi connectivity index (χ3n) is 6.42. The van der Waals surface area contributed by atoms with Crippen LogP contribution in [0.2, 0.25) is 0 Å². The lowest BCUT2D eigenvalue weighted by atomic mass is 10.0. The first-order valence-corrected chi connectivity index (χ1v) is 12.5. The minimum absolute atomic E-state index is 0.0365. The SMILES string of the molecule is C[C@@H](NC(=O)[C@@H](Cc1ccccc1)Nc1c(Nc2cccc(C(=O)N(C)C)c2O)c(=O)c1=O)c1ccccc1. The number of nitrogens with zero attached hydrogens (tertiary/aromatic N) is 1. The van der Waals surface area contributed by atoms with Crippen molar-refractivity contribution in [3.8, 4) is 5.75 Å². The summed E-state index contributed by atoms with van der Waals surface area (Å²) in [7, 11) is 3.11. The van der Waals surface area contributed by atoms with Crippen molar-refractivity contribution in [2.24, 2.45) is 0 Å². The predicted octanol–water partition coefficient (Wildman–Crippen LogP) is 3.33. The number of anilines is 3. The fraction of sp³-hybridized carbons (Fsp3) is 0.200. The van der Waals surface area contributed by atoms with Crippen LogP contribution in [-0.4, -0.2) is 42.0 Å². The van der Waals surface area contributed by atoms with Gasteiger partial charge in [-0.2, -0.15) is 0 Å². The molecule has 0 fully saturated rings. The van der Waals surface area contributed by atoms with Crippen molar-refractivity contribution >= 4 is 28.9 Å². The van der Waals surface area contributed by atoms with E-state index in [2.05, 4.69) is 16.0 Å². The van der Waals surface area contributed by atoms with E-state index in [1.54, 1.807) is 20.2 Å². The van der Waals surface area contributed by atoms with Gasteiger partial charge in [0.15, 0.2) is 5.75 Å². The Morgan fingerprint density at radius 2 is 1.46 bits per heavy atom. The summed E-state index contributed by atoms with van der Waals surface area (Å²) < 4.78 is 0. The van der Waals surface area contributed by atoms with E-state index in [4.69, 9.17) is 0 Å². The lowest BCUT2D eigenvalue weighted by molar-refractivity contribution is -0.122. The second-order valence-corrected chi connectivity index (χ2v) is 9.46. The highest BCUT2D eigenvalue weighted by Crippen LogP contribution is 2.32. The third kappa shape index (κ3) is 5.98. The number of hydrogen-bond acceptors (Lipinski definition) is 7. The summed E-state index contributed by atoms with van der Waals surface area (Å²) in [6, 6.07) is 22.1. The molecule has 2 atom stereocenters. The summed E-state index contributed by atoms with van der Waals surface area (Å²) in [5.74, 6) is -1.13. The molecule has 4 aromatic carbocycles. The number of phenolic OH excluding ortho intramolecular Hbond substituents is 1. The van der Waals surface area contributed by atoms with Crippen molar-refractivity contribution in [1.82, 2.24) is 10.2 Å². The molecule has 4 aromatic rings. The Morgan fingerprint density at radius 3 is 2.10 bits per heavy atom. The molecule has 200 valence electrons. The van der Waals surface area contributed by atoms with E-state index in [9.17, 15) is 24.3 Å². The zero-order valence-electron chi connectivity index (χ0n) is 21.9. The first-order valence-electron chi connectivity index (χ1n) is 12.5. The summed E-state index contributed by atoms with van der Waals surface area (Å²) in [6.45, 7) is 1.86. The number of carbonyl (C=O) groups is 2. The summed E-state index contributed by atoms with van der Waals surface area (Å²) >= 11 is 0. The Hall–Kier alpha value is -4.92. The molecule has 4 rings (SSSR count). The molecule has 0 aliphatic rings. The van der Waals surface area contributed by atoms with Crippen molar-refractivity contribution in [3.05, 3.63) is 116 Å². The monoisotopic (exact) mass is 526 g/mol. The number of nitrogens with one attached hydrogen (secondary N) is 3. The topological polar surface area (TPSA) is 128 Å². The van der Waals surface area contributed by atoms with Gasteiger partial charge in [-0.1, -0.05) is 66.7 Å². The van der Waals surface area contributed by atoms with Crippen molar-refractivity contribution in [1.29, 1.82) is 0 Å². The molecular formula is C30H30N4O5. The first kappa shape index (κ1) is 27.1. The molecule has 4 N–H and O–H groups in total. The Balaban J connectivity index is 1.61. The fourth-order valence-electron chi connectivity index (χ4n) is 4.21. The quantitative estimate of drug-likeness (QED) is 0.184. The van der Waals surface area contributed by atoms with E-state index >= 15 is 0 Å². The Bertz CT molecular complexity index is 1540. The lowest BCUT2D eigenvalue weighted by Gasteiger charge is -2.24. The summed E-state index contributed by atoms with van der Waals surface area (Å²) in [5, 5.41) is 19.4. The molecule has 0 unspecified atom stereocenters. The summed E-state index contributed by atoms with van der Waals surface area (Å²) in [4.78, 5) is 52.2. The van der Waals surface area contributed by atoms with Crippen LogP contribution in [0.5, 0.6) is 5.75 Å². The van der Waals surface area contributed by atoms with E-state index in [0.29, 0.717) is 0 Å². The van der Waals surface area contributed by atoms with Crippen LogP contribution in [0.15, 0.2) is 88.5 Å². The maximum atomic E-state index is 13.4. The van der Waals surface area contributed by atoms with Gasteiger partial charge in [-0.15, -0.1) is 0 Å². The highest BCUT2D eigenvalue weighted by Gasteiger charge is 2.29. The van der Waals surface area contributed by atoms with E-state index < -0.39 is 22.8 Å². The number of amides is 2. The van der Waals surface area contributed by atoms with Gasteiger partial charge in [0.1, 0.15) is 17.4 Å². The van der Waals surface area contributed by atoms with Crippen molar-refractivity contribution in [2.75, 3.05) is 24.7 Å². The van der Waals surface area contributed by atoms with Crippen LogP contribution in [0.3, 0.4) is 0 Å². The highest BCUT2D eigenvalue weighted by atomic mass is 16.3. The molecule has 0 radical (unpaired) electrons. The molecule has 0 saturated heterocycles. The predicted molar refractivity (Wildman–Crippen MR) is 151 cm³/mol. The van der Waals surface area contributed by atoms with Crippen molar-refractivity contribution < 1.29 is 14.7 Å². The zero-order valence-corrected chi connectivity index (χ0v) is 21.9. The lowest BCUT2D eigenvalue weighted by Crippen LogP contribution is -2.46. The molecule has 0 spiro atoms. The Kier molecular flexibility index (Phi) is 8.10. The molecule has 39 heavy (non-hydrogen) atoms. The Labute approximate surface area is 225 Å². The first-order chi connectivity index (χ1) is 18.7. The normalized spacial score (nSPS) is 12.4. The molecular weight excluding hydrogens is 496 g/mol. The van der Waals surface area contributed by atoms with Crippen LogP contribution in [0.4, 0.5) is 17.1 Å². The van der Waals surface area contributed by atoms with Crippen LogP contribution >= 0.6 is 0 Å². The summed E-state index contributed by atoms with van der Waals surface area (Å²) in [5.41, 5.74) is 0.173. The number of aromatic hydroxyl groups is 1. The second-order valence-electron chi connectivity index (χ2n) is 9.46. The van der Waals surface area contributed by atoms with Gasteiger partial charge in [0.25, 0.3) is 16.8 Å². The van der Waals surface area contributed by atoms with Crippen molar-refractivity contribution in [3.63, 3.8) is 0 Å². The van der Waals surface area contributed by atoms with Gasteiger partial charge in [-0.25, -0.2) is 0 Å². The Morgan fingerprint density at radius 1 is 0.846 bits per heavy atom. The van der Waals surface area contributed by atoms with Crippen LogP contribution in [0.1, 0.15) is 34.5 Å². The highest BCUT2D eigenvalue weighted by molar-refractivity contribution is 5.99. The molecule has 9 heteroatoms. The molecule has 9 nitrogen and oxygen atoms in total. The van der Waals surface area contributed by atoms with Crippen molar-refractivity contribution in [2.45, 2.75) is 25.4 Å². The molecule has 0 heterocycles. The van der Waals surface area contributed by atoms with Crippen LogP contribution in [-0.2, 0) is 11.2 Å². The van der Waals surface area contributed by atoms with Gasteiger partial charge in [-0.05, 0) is 30.2 Å². The smallest absolute Gasteiger partial charge is 0.257 e. The maximum absolute atomic E-state index is 13.4. The largest absolute Gasteiger partial charge is 0.505 e. The van der Waals surface area contributed by atoms with Crippen LogP contribution < -0.4 is 26.8 Å². The number of rotatable bonds is 10. The van der Waals surface area contributed by atoms with Gasteiger partial charge >= 0.3 is 0 Å². The fourth-order valence-corrected chi connectivity index (χ4v) is 4.21. The average molecular weight is 527 g/mol. The van der Waals surface area contributed by atoms with E-state index in [1.165, 1.54) is 17.0 Å². The van der Waals surface area contributed by atoms with Gasteiger partial charge in [0, 0.05) is 20.5 Å². The second kappa shape index (κ2) is 11.6. The third-order valence-corrected chi connectivity index (χ3v) is 6.42. The van der Waals surface area contributed by atoms with Gasteiger partial charge in [0.05, 0.1) is 17.3 Å². The van der Waals surface area contributed by atoms with E-state index in [-0.39, 0.29) is 46.7 Å². The number of carbonyl (C=O) groups excluding carboxylic acids is 2. The minimum Gasteiger partial charge on any atom is -0.505 e. The zero-order chi connectivity index (χ0) is 28.1. The van der Waals surface area contributed by atoms with E-state index in [0.717, 1.165) is 11.1 Å². The molecule has 0 aliphatic heterocycles. The van der Waals surface area contributed by atoms with Crippen LogP contribution in [0.25, 0.3) is 0 Å². The number of benzene rings is 3. The maximum Gasteiger partial charge on any atom is 0.257 e. The minimum atomic E-state index is -0.877. The molecule has 0 bridgehead atoms. The van der Waals surface area contributed by atoms with E-state index in [1.807, 2.05) is 67.6 Å². The molecule has 0 aliphatic carbocycles. The summed E-state index contributed by atoms with van der Waals surface area (Å²) in [6.07, 6.45) is 0.254. The number of para-hydroxylation sites is 1. The van der Waals surface area contributed by atoms with Gasteiger partial charge < -0.3 is 26.0 Å². The number of hydrogen-bond donors (Lipinski definition) is 4. The molecule has 0 aromatic heterocycles. The standard InChI is InChI=1S/C30H30N4O5/c1-18(20-13-8-5-9-14-20)31-29(38)23(17-19-11-6-4-7-12-19)33-25-24(27(36)28(25)37)32-22-16-10-15-21(26(22)35)30(39)34(2)3/h4-16,18,23,32-33,35H,17H2,1-3H3,(H,31,38)/t18-,23-/m1/s1. The average Bonchev–Trinajstić information content (AvgIpc) is 2.95. The van der Waals surface area contributed by atoms with Crippen LogP contribution in [0, 0.1) is 0 Å². The number of phenols is 1. The van der Waals surface area contributed by atoms with Gasteiger partial charge in [-0.3, -0.25) is 19.2 Å². The molecule has 2 amide bonds. The molecule has 0 saturated carbocycles. The van der Waals surface area contributed by atoms with Gasteiger partial charge in [0.2, 0.25) is 5.91 Å².